The van der Waals surface area contributed by atoms with Gasteiger partial charge in [0, 0.05) is 15.6 Å². The molecule has 130 valence electrons. The maximum absolute atomic E-state index is 11.3. The van der Waals surface area contributed by atoms with Crippen molar-refractivity contribution in [2.24, 2.45) is 11.7 Å². The Bertz CT molecular complexity index is 711. The van der Waals surface area contributed by atoms with E-state index in [1.807, 2.05) is 20.8 Å². The van der Waals surface area contributed by atoms with Crippen LogP contribution in [0.4, 0.5) is 4.79 Å². The molecule has 1 aromatic heterocycles. The van der Waals surface area contributed by atoms with Crippen molar-refractivity contribution in [3.63, 3.8) is 0 Å². The van der Waals surface area contributed by atoms with Crippen molar-refractivity contribution in [2.45, 2.75) is 33.2 Å². The topological polar surface area (TPSA) is 93.0 Å². The Morgan fingerprint density at radius 3 is 2.46 bits per heavy atom. The van der Waals surface area contributed by atoms with Crippen LogP contribution >= 0.6 is 23.2 Å². The highest BCUT2D eigenvalue weighted by atomic mass is 35.5. The molecule has 1 aromatic carbocycles. The van der Waals surface area contributed by atoms with Gasteiger partial charge in [0.1, 0.15) is 5.75 Å². The molecule has 0 fully saturated rings. The Balaban J connectivity index is 2.35. The average Bonchev–Trinajstić information content (AvgIpc) is 2.85. The van der Waals surface area contributed by atoms with Gasteiger partial charge in [0.2, 0.25) is 5.88 Å². The van der Waals surface area contributed by atoms with E-state index in [1.54, 1.807) is 18.2 Å². The standard InChI is InChI=1S/C16H20Cl2N4O2/c1-4-12-14(13(8(2)3)20-16(19)23)21-22-15(12)24-11-6-9(17)5-10(18)7-11/h5-8,13H,4H2,1-3H3,(H,21,22)(H3,19,20,23). The lowest BCUT2D eigenvalue weighted by molar-refractivity contribution is 0.241. The van der Waals surface area contributed by atoms with Gasteiger partial charge in [-0.3, -0.25) is 0 Å². The zero-order chi connectivity index (χ0) is 17.9. The third-order valence-corrected chi connectivity index (χ3v) is 3.97. The van der Waals surface area contributed by atoms with E-state index in [4.69, 9.17) is 33.7 Å². The lowest BCUT2D eigenvalue weighted by atomic mass is 9.97. The number of hydrogen-bond donors (Lipinski definition) is 3. The Morgan fingerprint density at radius 1 is 1.33 bits per heavy atom. The molecule has 0 bridgehead atoms. The molecule has 1 atom stereocenters. The first-order valence-electron chi connectivity index (χ1n) is 7.58. The number of primary amides is 1. The molecule has 0 spiro atoms. The average molecular weight is 371 g/mol. The smallest absolute Gasteiger partial charge is 0.312 e. The number of aromatic nitrogens is 2. The summed E-state index contributed by atoms with van der Waals surface area (Å²) in [6, 6.07) is 4.04. The SMILES string of the molecule is CCc1c(C(NC(N)=O)C(C)C)n[nH]c1Oc1cc(Cl)cc(Cl)c1. The zero-order valence-electron chi connectivity index (χ0n) is 13.7. The van der Waals surface area contributed by atoms with Gasteiger partial charge in [-0.1, -0.05) is 44.0 Å². The molecule has 1 unspecified atom stereocenters. The van der Waals surface area contributed by atoms with Crippen LogP contribution < -0.4 is 15.8 Å². The lowest BCUT2D eigenvalue weighted by Crippen LogP contribution is -2.36. The second kappa shape index (κ2) is 7.77. The molecule has 24 heavy (non-hydrogen) atoms. The van der Waals surface area contributed by atoms with E-state index in [-0.39, 0.29) is 12.0 Å². The fourth-order valence-electron chi connectivity index (χ4n) is 2.45. The van der Waals surface area contributed by atoms with Crippen molar-refractivity contribution >= 4 is 29.2 Å². The first-order chi connectivity index (χ1) is 11.3. The number of ether oxygens (including phenoxy) is 1. The molecule has 0 saturated carbocycles. The maximum atomic E-state index is 11.3. The summed E-state index contributed by atoms with van der Waals surface area (Å²) in [4.78, 5) is 11.3. The summed E-state index contributed by atoms with van der Waals surface area (Å²) in [5.74, 6) is 1.10. The molecule has 2 rings (SSSR count). The van der Waals surface area contributed by atoms with Crippen LogP contribution in [0.3, 0.4) is 0 Å². The van der Waals surface area contributed by atoms with Crippen molar-refractivity contribution in [2.75, 3.05) is 0 Å². The van der Waals surface area contributed by atoms with Crippen LogP contribution in [0, 0.1) is 5.92 Å². The number of rotatable bonds is 6. The fourth-order valence-corrected chi connectivity index (χ4v) is 2.96. The quantitative estimate of drug-likeness (QED) is 0.701. The summed E-state index contributed by atoms with van der Waals surface area (Å²) in [5.41, 5.74) is 6.84. The second-order valence-corrected chi connectivity index (χ2v) is 6.58. The molecule has 0 saturated heterocycles. The minimum absolute atomic E-state index is 0.111. The normalized spacial score (nSPS) is 12.2. The van der Waals surface area contributed by atoms with Crippen molar-refractivity contribution in [3.05, 3.63) is 39.5 Å². The van der Waals surface area contributed by atoms with Gasteiger partial charge in [0.05, 0.1) is 11.7 Å². The molecule has 0 aliphatic heterocycles. The Morgan fingerprint density at radius 2 is 1.96 bits per heavy atom. The van der Waals surface area contributed by atoms with E-state index < -0.39 is 6.03 Å². The van der Waals surface area contributed by atoms with E-state index in [9.17, 15) is 4.79 Å². The van der Waals surface area contributed by atoms with Gasteiger partial charge in [-0.05, 0) is 30.5 Å². The van der Waals surface area contributed by atoms with Gasteiger partial charge in [-0.25, -0.2) is 9.89 Å². The third kappa shape index (κ3) is 4.33. The van der Waals surface area contributed by atoms with Gasteiger partial charge in [0.25, 0.3) is 0 Å². The summed E-state index contributed by atoms with van der Waals surface area (Å²) < 4.78 is 5.85. The number of carbonyl (C=O) groups excluding carboxylic acids is 1. The van der Waals surface area contributed by atoms with E-state index in [0.29, 0.717) is 33.8 Å². The number of hydrogen-bond acceptors (Lipinski definition) is 3. The number of nitrogens with two attached hydrogens (primary N) is 1. The molecule has 6 nitrogen and oxygen atoms in total. The number of halogens is 2. The number of aromatic amines is 1. The summed E-state index contributed by atoms with van der Waals surface area (Å²) in [5, 5.41) is 10.9. The van der Waals surface area contributed by atoms with Crippen LogP contribution in [0.5, 0.6) is 11.6 Å². The monoisotopic (exact) mass is 370 g/mol. The van der Waals surface area contributed by atoms with E-state index >= 15 is 0 Å². The maximum Gasteiger partial charge on any atom is 0.312 e. The molecular weight excluding hydrogens is 351 g/mol. The molecule has 0 radical (unpaired) electrons. The van der Waals surface area contributed by atoms with Gasteiger partial charge in [-0.15, -0.1) is 0 Å². The predicted molar refractivity (Wildman–Crippen MR) is 94.8 cm³/mol. The zero-order valence-corrected chi connectivity index (χ0v) is 15.2. The number of urea groups is 1. The lowest BCUT2D eigenvalue weighted by Gasteiger charge is -2.20. The first-order valence-corrected chi connectivity index (χ1v) is 8.34. The summed E-state index contributed by atoms with van der Waals surface area (Å²) in [6.45, 7) is 5.94. The number of benzene rings is 1. The minimum Gasteiger partial charge on any atom is -0.439 e. The highest BCUT2D eigenvalue weighted by molar-refractivity contribution is 6.34. The van der Waals surface area contributed by atoms with Crippen LogP contribution in [0.25, 0.3) is 0 Å². The Kier molecular flexibility index (Phi) is 5.96. The molecule has 2 aromatic rings. The molecule has 4 N–H and O–H groups in total. The molecule has 2 amide bonds. The van der Waals surface area contributed by atoms with Gasteiger partial charge in [0.15, 0.2) is 0 Å². The van der Waals surface area contributed by atoms with E-state index in [1.165, 1.54) is 0 Å². The van der Waals surface area contributed by atoms with Gasteiger partial charge < -0.3 is 15.8 Å². The molecule has 1 heterocycles. The van der Waals surface area contributed by atoms with Crippen molar-refractivity contribution in [3.8, 4) is 11.6 Å². The number of nitrogens with zero attached hydrogens (tertiary/aromatic N) is 1. The highest BCUT2D eigenvalue weighted by Gasteiger charge is 2.25. The van der Waals surface area contributed by atoms with Crippen LogP contribution in [0.15, 0.2) is 18.2 Å². The molecule has 0 aliphatic rings. The Hall–Kier alpha value is -1.92. The van der Waals surface area contributed by atoms with E-state index in [0.717, 1.165) is 5.56 Å². The largest absolute Gasteiger partial charge is 0.439 e. The van der Waals surface area contributed by atoms with Crippen LogP contribution in [-0.2, 0) is 6.42 Å². The fraction of sp³-hybridized carbons (Fsp3) is 0.375. The van der Waals surface area contributed by atoms with Crippen LogP contribution in [0.2, 0.25) is 10.0 Å². The summed E-state index contributed by atoms with van der Waals surface area (Å²) in [6.07, 6.45) is 0.666. The summed E-state index contributed by atoms with van der Waals surface area (Å²) >= 11 is 12.0. The number of amides is 2. The Labute approximate surface area is 150 Å². The highest BCUT2D eigenvalue weighted by Crippen LogP contribution is 2.33. The van der Waals surface area contributed by atoms with Gasteiger partial charge >= 0.3 is 6.03 Å². The predicted octanol–water partition coefficient (Wildman–Crippen LogP) is 4.44. The van der Waals surface area contributed by atoms with Crippen molar-refractivity contribution < 1.29 is 9.53 Å². The number of H-pyrrole nitrogens is 1. The van der Waals surface area contributed by atoms with Crippen LogP contribution in [-0.4, -0.2) is 16.2 Å². The van der Waals surface area contributed by atoms with Gasteiger partial charge in [-0.2, -0.15) is 5.10 Å². The van der Waals surface area contributed by atoms with Crippen molar-refractivity contribution in [1.82, 2.24) is 15.5 Å². The second-order valence-electron chi connectivity index (χ2n) is 5.71. The number of carbonyl (C=O) groups is 1. The number of nitrogens with one attached hydrogen (secondary N) is 2. The first kappa shape index (κ1) is 18.4. The molecule has 8 heteroatoms. The summed E-state index contributed by atoms with van der Waals surface area (Å²) in [7, 11) is 0. The third-order valence-electron chi connectivity index (χ3n) is 3.53. The van der Waals surface area contributed by atoms with Crippen molar-refractivity contribution in [1.29, 1.82) is 0 Å². The minimum atomic E-state index is -0.595. The molecule has 0 aliphatic carbocycles. The molecular formula is C16H20Cl2N4O2. The van der Waals surface area contributed by atoms with Crippen LogP contribution in [0.1, 0.15) is 38.1 Å². The van der Waals surface area contributed by atoms with E-state index in [2.05, 4.69) is 15.5 Å².